The Kier molecular flexibility index (Phi) is 9.79. The third-order valence-electron chi connectivity index (χ3n) is 6.28. The second kappa shape index (κ2) is 9.86. The standard InChI is InChI=1S/C22H46O2Si2/c1-19(15-13-17-23-25(9,10)21(3,4)5)20(2)16-14-18-24-26(11,12)22(6,7)8/h1-2,13-18H2,3-12H3. The molecule has 0 saturated heterocycles. The molecule has 4 heteroatoms. The molecule has 26 heavy (non-hydrogen) atoms. The van der Waals surface area contributed by atoms with Gasteiger partial charge in [0.1, 0.15) is 0 Å². The van der Waals surface area contributed by atoms with Crippen LogP contribution in [0.5, 0.6) is 0 Å². The van der Waals surface area contributed by atoms with Gasteiger partial charge in [-0.05, 0) is 61.9 Å². The summed E-state index contributed by atoms with van der Waals surface area (Å²) in [6.07, 6.45) is 4.03. The van der Waals surface area contributed by atoms with E-state index in [2.05, 4.69) is 80.9 Å². The van der Waals surface area contributed by atoms with Crippen molar-refractivity contribution in [2.24, 2.45) is 0 Å². The predicted octanol–water partition coefficient (Wildman–Crippen LogP) is 7.70. The Morgan fingerprint density at radius 1 is 0.654 bits per heavy atom. The molecule has 0 aromatic heterocycles. The average Bonchev–Trinajstić information content (AvgIpc) is 2.45. The molecule has 0 bridgehead atoms. The first-order valence-electron chi connectivity index (χ1n) is 10.1. The number of hydrogen-bond donors (Lipinski definition) is 0. The predicted molar refractivity (Wildman–Crippen MR) is 123 cm³/mol. The van der Waals surface area contributed by atoms with Crippen LogP contribution < -0.4 is 0 Å². The van der Waals surface area contributed by atoms with Crippen molar-refractivity contribution in [3.63, 3.8) is 0 Å². The molecular formula is C22H46O2Si2. The lowest BCUT2D eigenvalue weighted by molar-refractivity contribution is 0.280. The molecule has 0 unspecified atom stereocenters. The molecule has 0 aliphatic heterocycles. The van der Waals surface area contributed by atoms with E-state index in [1.54, 1.807) is 0 Å². The van der Waals surface area contributed by atoms with E-state index < -0.39 is 16.6 Å². The van der Waals surface area contributed by atoms with Crippen LogP contribution in [-0.2, 0) is 8.85 Å². The van der Waals surface area contributed by atoms with Gasteiger partial charge in [0.2, 0.25) is 0 Å². The van der Waals surface area contributed by atoms with Gasteiger partial charge < -0.3 is 8.85 Å². The molecule has 0 N–H and O–H groups in total. The van der Waals surface area contributed by atoms with Crippen LogP contribution in [0.1, 0.15) is 67.2 Å². The normalized spacial score (nSPS) is 13.8. The minimum absolute atomic E-state index is 0.276. The van der Waals surface area contributed by atoms with Crippen LogP contribution in [-0.4, -0.2) is 29.8 Å². The van der Waals surface area contributed by atoms with Crippen molar-refractivity contribution >= 4 is 16.6 Å². The summed E-state index contributed by atoms with van der Waals surface area (Å²) in [5.41, 5.74) is 2.35. The third-order valence-corrected chi connectivity index (χ3v) is 15.4. The highest BCUT2D eigenvalue weighted by molar-refractivity contribution is 6.74. The van der Waals surface area contributed by atoms with Crippen molar-refractivity contribution in [2.75, 3.05) is 13.2 Å². The van der Waals surface area contributed by atoms with Gasteiger partial charge in [0.05, 0.1) is 0 Å². The average molecular weight is 399 g/mol. The Hall–Kier alpha value is -0.166. The molecule has 2 nitrogen and oxygen atoms in total. The second-order valence-electron chi connectivity index (χ2n) is 10.6. The largest absolute Gasteiger partial charge is 0.417 e. The van der Waals surface area contributed by atoms with Gasteiger partial charge in [-0.1, -0.05) is 65.8 Å². The molecule has 0 saturated carbocycles. The van der Waals surface area contributed by atoms with E-state index in [0.29, 0.717) is 0 Å². The van der Waals surface area contributed by atoms with Crippen LogP contribution in [0.3, 0.4) is 0 Å². The summed E-state index contributed by atoms with van der Waals surface area (Å²) < 4.78 is 12.5. The molecule has 0 radical (unpaired) electrons. The second-order valence-corrected chi connectivity index (χ2v) is 20.3. The van der Waals surface area contributed by atoms with E-state index in [0.717, 1.165) is 38.9 Å². The van der Waals surface area contributed by atoms with Gasteiger partial charge in [-0.25, -0.2) is 0 Å². The zero-order chi connectivity index (χ0) is 20.8. The van der Waals surface area contributed by atoms with Gasteiger partial charge in [0, 0.05) is 13.2 Å². The lowest BCUT2D eigenvalue weighted by atomic mass is 10.0. The monoisotopic (exact) mass is 398 g/mol. The first-order chi connectivity index (χ1) is 11.5. The summed E-state index contributed by atoms with van der Waals surface area (Å²) in [4.78, 5) is 0. The van der Waals surface area contributed by atoms with Gasteiger partial charge >= 0.3 is 0 Å². The van der Waals surface area contributed by atoms with Gasteiger partial charge in [0.15, 0.2) is 16.6 Å². The Labute approximate surface area is 166 Å². The van der Waals surface area contributed by atoms with Crippen LogP contribution in [0.4, 0.5) is 0 Å². The minimum atomic E-state index is -1.63. The zero-order valence-corrected chi connectivity index (χ0v) is 21.5. The van der Waals surface area contributed by atoms with E-state index >= 15 is 0 Å². The van der Waals surface area contributed by atoms with E-state index in [-0.39, 0.29) is 10.1 Å². The summed E-state index contributed by atoms with van der Waals surface area (Å²) in [7, 11) is -3.26. The Morgan fingerprint density at radius 3 is 1.15 bits per heavy atom. The molecule has 0 rings (SSSR count). The van der Waals surface area contributed by atoms with E-state index in [1.807, 2.05) is 0 Å². The van der Waals surface area contributed by atoms with Gasteiger partial charge in [-0.3, -0.25) is 0 Å². The fourth-order valence-electron chi connectivity index (χ4n) is 2.01. The number of hydrogen-bond acceptors (Lipinski definition) is 2. The quantitative estimate of drug-likeness (QED) is 0.201. The fourth-order valence-corrected chi connectivity index (χ4v) is 4.19. The molecule has 0 fully saturated rings. The molecule has 0 spiro atoms. The molecule has 0 aromatic rings. The summed E-state index contributed by atoms with van der Waals surface area (Å²) in [5.74, 6) is 0. The van der Waals surface area contributed by atoms with Gasteiger partial charge in [-0.2, -0.15) is 0 Å². The maximum atomic E-state index is 6.24. The van der Waals surface area contributed by atoms with Crippen molar-refractivity contribution in [1.82, 2.24) is 0 Å². The first kappa shape index (κ1) is 25.8. The van der Waals surface area contributed by atoms with E-state index in [4.69, 9.17) is 8.85 Å². The highest BCUT2D eigenvalue weighted by Gasteiger charge is 2.37. The highest BCUT2D eigenvalue weighted by Crippen LogP contribution is 2.37. The fraction of sp³-hybridized carbons (Fsp3) is 0.818. The third kappa shape index (κ3) is 8.68. The molecule has 0 heterocycles. The van der Waals surface area contributed by atoms with Crippen LogP contribution in [0, 0.1) is 0 Å². The van der Waals surface area contributed by atoms with Gasteiger partial charge in [0.25, 0.3) is 0 Å². The first-order valence-corrected chi connectivity index (χ1v) is 16.0. The topological polar surface area (TPSA) is 18.5 Å². The SMILES string of the molecule is C=C(CCCO[Si](C)(C)C(C)(C)C)C(=C)CCCO[Si](C)(C)C(C)(C)C. The highest BCUT2D eigenvalue weighted by atomic mass is 28.4. The van der Waals surface area contributed by atoms with Crippen molar-refractivity contribution in [3.05, 3.63) is 24.3 Å². The summed E-state index contributed by atoms with van der Waals surface area (Å²) in [6, 6.07) is 0. The Bertz CT molecular complexity index is 422. The molecule has 0 aromatic carbocycles. The van der Waals surface area contributed by atoms with Crippen LogP contribution >= 0.6 is 0 Å². The molecule has 0 atom stereocenters. The van der Waals surface area contributed by atoms with Crippen molar-refractivity contribution in [2.45, 2.75) is 103 Å². The Balaban J connectivity index is 4.07. The lowest BCUT2D eigenvalue weighted by Gasteiger charge is -2.36. The van der Waals surface area contributed by atoms with Crippen molar-refractivity contribution in [1.29, 1.82) is 0 Å². The maximum Gasteiger partial charge on any atom is 0.191 e. The summed E-state index contributed by atoms with van der Waals surface area (Å²) >= 11 is 0. The maximum absolute atomic E-state index is 6.24. The lowest BCUT2D eigenvalue weighted by Crippen LogP contribution is -2.41. The van der Waals surface area contributed by atoms with Crippen molar-refractivity contribution in [3.8, 4) is 0 Å². The van der Waals surface area contributed by atoms with Crippen molar-refractivity contribution < 1.29 is 8.85 Å². The molecule has 0 aliphatic carbocycles. The van der Waals surface area contributed by atoms with E-state index in [1.165, 1.54) is 11.1 Å². The summed E-state index contributed by atoms with van der Waals surface area (Å²) in [6.45, 7) is 33.1. The zero-order valence-electron chi connectivity index (χ0n) is 19.5. The minimum Gasteiger partial charge on any atom is -0.417 e. The summed E-state index contributed by atoms with van der Waals surface area (Å²) in [5, 5.41) is 0.551. The molecular weight excluding hydrogens is 352 g/mol. The van der Waals surface area contributed by atoms with E-state index in [9.17, 15) is 0 Å². The number of rotatable bonds is 11. The van der Waals surface area contributed by atoms with Gasteiger partial charge in [-0.15, -0.1) is 0 Å². The van der Waals surface area contributed by atoms with Crippen LogP contribution in [0.25, 0.3) is 0 Å². The van der Waals surface area contributed by atoms with Crippen LogP contribution in [0.2, 0.25) is 36.3 Å². The Morgan fingerprint density at radius 2 is 0.923 bits per heavy atom. The molecule has 0 aliphatic rings. The molecule has 0 amide bonds. The smallest absolute Gasteiger partial charge is 0.191 e. The van der Waals surface area contributed by atoms with Crippen LogP contribution in [0.15, 0.2) is 24.3 Å². The number of allylic oxidation sites excluding steroid dienone is 2. The molecule has 154 valence electrons.